The van der Waals surface area contributed by atoms with Crippen molar-refractivity contribution < 1.29 is 17.9 Å². The van der Waals surface area contributed by atoms with Crippen LogP contribution in [0.5, 0.6) is 5.75 Å². The van der Waals surface area contributed by atoms with E-state index in [2.05, 4.69) is 5.32 Å². The van der Waals surface area contributed by atoms with Crippen LogP contribution in [0, 0.1) is 5.92 Å². The second-order valence-electron chi connectivity index (χ2n) is 6.45. The maximum Gasteiger partial charge on any atom is 0.416 e. The first kappa shape index (κ1) is 19.3. The molecule has 1 saturated heterocycles. The predicted octanol–water partition coefficient (Wildman–Crippen LogP) is 5.78. The van der Waals surface area contributed by atoms with Crippen LogP contribution in [0.1, 0.15) is 24.0 Å². The Hall–Kier alpha value is -1.43. The molecule has 7 heteroatoms. The molecule has 0 spiro atoms. The minimum absolute atomic E-state index is 0.162. The van der Waals surface area contributed by atoms with E-state index in [9.17, 15) is 13.2 Å². The van der Waals surface area contributed by atoms with Gasteiger partial charge in [-0.25, -0.2) is 0 Å². The third kappa shape index (κ3) is 4.27. The lowest BCUT2D eigenvalue weighted by Crippen LogP contribution is -2.29. The smallest absolute Gasteiger partial charge is 0.416 e. The van der Waals surface area contributed by atoms with Gasteiger partial charge in [-0.3, -0.25) is 0 Å². The van der Waals surface area contributed by atoms with Crippen molar-refractivity contribution in [3.8, 4) is 5.75 Å². The monoisotopic (exact) mass is 403 g/mol. The van der Waals surface area contributed by atoms with Crippen molar-refractivity contribution in [1.29, 1.82) is 0 Å². The molecule has 1 aliphatic heterocycles. The van der Waals surface area contributed by atoms with Crippen LogP contribution in [0.15, 0.2) is 42.5 Å². The number of alkyl halides is 3. The predicted molar refractivity (Wildman–Crippen MR) is 97.1 cm³/mol. The highest BCUT2D eigenvalue weighted by Gasteiger charge is 2.34. The fourth-order valence-corrected chi connectivity index (χ4v) is 3.63. The van der Waals surface area contributed by atoms with Crippen LogP contribution < -0.4 is 10.1 Å². The van der Waals surface area contributed by atoms with Crippen molar-refractivity contribution in [2.75, 3.05) is 13.1 Å². The van der Waals surface area contributed by atoms with Crippen LogP contribution in [0.3, 0.4) is 0 Å². The number of hydrogen-bond donors (Lipinski definition) is 1. The van der Waals surface area contributed by atoms with Gasteiger partial charge in [-0.1, -0.05) is 29.3 Å². The molecule has 0 saturated carbocycles. The van der Waals surface area contributed by atoms with Gasteiger partial charge in [-0.2, -0.15) is 13.2 Å². The summed E-state index contributed by atoms with van der Waals surface area (Å²) in [5.41, 5.74) is 0.381. The number of benzene rings is 2. The van der Waals surface area contributed by atoms with Gasteiger partial charge in [0.2, 0.25) is 0 Å². The molecule has 26 heavy (non-hydrogen) atoms. The number of halogens is 5. The molecule has 0 aromatic heterocycles. The Morgan fingerprint density at radius 3 is 2.35 bits per heavy atom. The normalized spacial score (nSPS) is 21.6. The average Bonchev–Trinajstić information content (AvgIpc) is 3.07. The van der Waals surface area contributed by atoms with Crippen LogP contribution in [-0.2, 0) is 6.18 Å². The van der Waals surface area contributed by atoms with Gasteiger partial charge in [0.05, 0.1) is 15.6 Å². The molecule has 0 unspecified atom stereocenters. The molecular weight excluding hydrogens is 386 g/mol. The van der Waals surface area contributed by atoms with Crippen molar-refractivity contribution in [3.63, 3.8) is 0 Å². The van der Waals surface area contributed by atoms with E-state index in [1.54, 1.807) is 6.07 Å². The highest BCUT2D eigenvalue weighted by Crippen LogP contribution is 2.36. The summed E-state index contributed by atoms with van der Waals surface area (Å²) in [6, 6.07) is 10.4. The number of nitrogens with one attached hydrogen (secondary N) is 1. The zero-order valence-electron chi connectivity index (χ0n) is 14.0. The summed E-state index contributed by atoms with van der Waals surface area (Å²) in [6.45, 7) is 3.47. The van der Waals surface area contributed by atoms with E-state index >= 15 is 0 Å². The molecule has 140 valence electrons. The molecule has 1 N–H and O–H groups in total. The average molecular weight is 404 g/mol. The van der Waals surface area contributed by atoms with Gasteiger partial charge in [0, 0.05) is 24.9 Å². The van der Waals surface area contributed by atoms with Gasteiger partial charge in [-0.05, 0) is 48.9 Å². The fraction of sp³-hybridized carbons (Fsp3) is 0.368. The van der Waals surface area contributed by atoms with Crippen molar-refractivity contribution in [1.82, 2.24) is 5.32 Å². The second-order valence-corrected chi connectivity index (χ2v) is 7.26. The third-order valence-electron chi connectivity index (χ3n) is 4.74. The Morgan fingerprint density at radius 2 is 1.73 bits per heavy atom. The molecule has 3 atom stereocenters. The summed E-state index contributed by atoms with van der Waals surface area (Å²) in [6.07, 6.45) is -4.53. The number of hydrogen-bond acceptors (Lipinski definition) is 2. The van der Waals surface area contributed by atoms with E-state index in [4.69, 9.17) is 27.9 Å². The maximum atomic E-state index is 12.7. The van der Waals surface area contributed by atoms with Crippen molar-refractivity contribution >= 4 is 23.2 Å². The van der Waals surface area contributed by atoms with Crippen molar-refractivity contribution in [2.24, 2.45) is 5.92 Å². The summed E-state index contributed by atoms with van der Waals surface area (Å²) in [5, 5.41) is 4.36. The summed E-state index contributed by atoms with van der Waals surface area (Å²) in [4.78, 5) is 0. The van der Waals surface area contributed by atoms with Crippen LogP contribution in [-0.4, -0.2) is 19.2 Å². The Morgan fingerprint density at radius 1 is 1.04 bits per heavy atom. The Balaban J connectivity index is 1.72. The molecule has 1 fully saturated rings. The Kier molecular flexibility index (Phi) is 5.70. The van der Waals surface area contributed by atoms with E-state index < -0.39 is 11.7 Å². The van der Waals surface area contributed by atoms with Crippen LogP contribution >= 0.6 is 23.2 Å². The lowest BCUT2D eigenvalue weighted by Gasteiger charge is -2.26. The molecule has 2 aromatic rings. The van der Waals surface area contributed by atoms with Crippen LogP contribution in [0.25, 0.3) is 0 Å². The van der Waals surface area contributed by atoms with Crippen LogP contribution in [0.4, 0.5) is 13.2 Å². The lowest BCUT2D eigenvalue weighted by atomic mass is 9.85. The first-order valence-electron chi connectivity index (χ1n) is 8.25. The van der Waals surface area contributed by atoms with E-state index in [-0.39, 0.29) is 17.9 Å². The van der Waals surface area contributed by atoms with E-state index in [0.29, 0.717) is 15.8 Å². The molecule has 1 heterocycles. The zero-order chi connectivity index (χ0) is 18.9. The number of rotatable bonds is 4. The van der Waals surface area contributed by atoms with Crippen LogP contribution in [0.2, 0.25) is 10.0 Å². The van der Waals surface area contributed by atoms with E-state index in [1.807, 2.05) is 19.1 Å². The van der Waals surface area contributed by atoms with Crippen molar-refractivity contribution in [2.45, 2.75) is 25.1 Å². The molecule has 2 aromatic carbocycles. The van der Waals surface area contributed by atoms with Gasteiger partial charge < -0.3 is 10.1 Å². The first-order chi connectivity index (χ1) is 12.3. The molecule has 0 bridgehead atoms. The minimum atomic E-state index is -4.35. The standard InChI is InChI=1S/C19H18Cl2F3NO/c1-11(26-14-5-3-13(4-6-14)19(22,23)24)15-9-25-10-16(15)12-2-7-17(20)18(21)8-12/h2-8,11,15-16,25H,9-10H2,1H3/t11-,15+,16+/m1/s1. The largest absolute Gasteiger partial charge is 0.490 e. The minimum Gasteiger partial charge on any atom is -0.490 e. The molecule has 1 aliphatic rings. The van der Waals surface area contributed by atoms with Gasteiger partial charge in [0.25, 0.3) is 0 Å². The SMILES string of the molecule is C[C@@H](Oc1ccc(C(F)(F)F)cc1)[C@@H]1CNC[C@H]1c1ccc(Cl)c(Cl)c1. The summed E-state index contributed by atoms with van der Waals surface area (Å²) >= 11 is 12.1. The highest BCUT2D eigenvalue weighted by atomic mass is 35.5. The van der Waals surface area contributed by atoms with E-state index in [1.165, 1.54) is 12.1 Å². The lowest BCUT2D eigenvalue weighted by molar-refractivity contribution is -0.137. The van der Waals surface area contributed by atoms with Gasteiger partial charge in [0.1, 0.15) is 11.9 Å². The highest BCUT2D eigenvalue weighted by molar-refractivity contribution is 6.42. The molecule has 0 radical (unpaired) electrons. The van der Waals surface area contributed by atoms with Gasteiger partial charge in [0.15, 0.2) is 0 Å². The molecular formula is C19H18Cl2F3NO. The summed E-state index contributed by atoms with van der Waals surface area (Å²) in [7, 11) is 0. The third-order valence-corrected chi connectivity index (χ3v) is 5.48. The van der Waals surface area contributed by atoms with Gasteiger partial charge in [-0.15, -0.1) is 0 Å². The number of ether oxygens (including phenoxy) is 1. The maximum absolute atomic E-state index is 12.7. The zero-order valence-corrected chi connectivity index (χ0v) is 15.5. The molecule has 3 rings (SSSR count). The van der Waals surface area contributed by atoms with E-state index in [0.717, 1.165) is 30.8 Å². The molecule has 0 amide bonds. The second kappa shape index (κ2) is 7.67. The van der Waals surface area contributed by atoms with Gasteiger partial charge >= 0.3 is 6.18 Å². The Bertz CT molecular complexity index is 764. The summed E-state index contributed by atoms with van der Waals surface area (Å²) < 4.78 is 43.9. The molecule has 2 nitrogen and oxygen atoms in total. The summed E-state index contributed by atoms with van der Waals surface area (Å²) in [5.74, 6) is 0.772. The molecule has 0 aliphatic carbocycles. The van der Waals surface area contributed by atoms with Crippen molar-refractivity contribution in [3.05, 3.63) is 63.6 Å². The topological polar surface area (TPSA) is 21.3 Å². The first-order valence-corrected chi connectivity index (χ1v) is 9.01. The fourth-order valence-electron chi connectivity index (χ4n) is 3.32. The Labute approximate surface area is 160 Å². The quantitative estimate of drug-likeness (QED) is 0.697.